The minimum atomic E-state index is -0.907. The van der Waals surface area contributed by atoms with Gasteiger partial charge in [0.25, 0.3) is 0 Å². The van der Waals surface area contributed by atoms with E-state index in [-0.39, 0.29) is 23.4 Å². The summed E-state index contributed by atoms with van der Waals surface area (Å²) in [6.45, 7) is 6.26. The number of carbonyl (C=O) groups is 3. The second kappa shape index (κ2) is 9.14. The van der Waals surface area contributed by atoms with Gasteiger partial charge in [-0.1, -0.05) is 44.5 Å². The molecule has 4 rings (SSSR count). The molecule has 3 aliphatic rings. The number of methoxy groups -OCH3 is 1. The number of carbonyl (C=O) groups excluding carboxylic acids is 3. The molecular weight excluding hydrogens is 432 g/mol. The summed E-state index contributed by atoms with van der Waals surface area (Å²) in [6.07, 6.45) is 3.51. The number of aldehydes is 1. The van der Waals surface area contributed by atoms with Gasteiger partial charge in [-0.3, -0.25) is 9.59 Å². The van der Waals surface area contributed by atoms with Crippen molar-refractivity contribution < 1.29 is 29.0 Å². The maximum Gasteiger partial charge on any atom is 0.338 e. The Balaban J connectivity index is 1.80. The first-order chi connectivity index (χ1) is 16.2. The van der Waals surface area contributed by atoms with Gasteiger partial charge in [0, 0.05) is 11.0 Å². The molecule has 0 aliphatic heterocycles. The molecule has 0 heterocycles. The molecule has 0 bridgehead atoms. The third-order valence-corrected chi connectivity index (χ3v) is 8.43. The fourth-order valence-corrected chi connectivity index (χ4v) is 6.41. The van der Waals surface area contributed by atoms with E-state index in [1.807, 2.05) is 13.0 Å². The van der Waals surface area contributed by atoms with Crippen LogP contribution >= 0.6 is 0 Å². The van der Waals surface area contributed by atoms with Crippen molar-refractivity contribution in [3.05, 3.63) is 58.7 Å². The highest BCUT2D eigenvalue weighted by molar-refractivity contribution is 5.90. The summed E-state index contributed by atoms with van der Waals surface area (Å²) in [5.74, 6) is -0.762. The lowest BCUT2D eigenvalue weighted by molar-refractivity contribution is -0.154. The lowest BCUT2D eigenvalue weighted by Gasteiger charge is -2.51. The van der Waals surface area contributed by atoms with Gasteiger partial charge in [-0.05, 0) is 67.7 Å². The van der Waals surface area contributed by atoms with Crippen LogP contribution in [0.4, 0.5) is 0 Å². The van der Waals surface area contributed by atoms with Crippen molar-refractivity contribution in [1.29, 1.82) is 0 Å². The zero-order chi connectivity index (χ0) is 24.7. The van der Waals surface area contributed by atoms with E-state index in [0.29, 0.717) is 37.5 Å². The van der Waals surface area contributed by atoms with Crippen molar-refractivity contribution in [2.45, 2.75) is 65.1 Å². The summed E-state index contributed by atoms with van der Waals surface area (Å²) >= 11 is 0. The van der Waals surface area contributed by atoms with Gasteiger partial charge in [-0.25, -0.2) is 4.79 Å². The molecule has 6 heteroatoms. The van der Waals surface area contributed by atoms with Crippen molar-refractivity contribution in [3.63, 3.8) is 0 Å². The number of benzene rings is 1. The third-order valence-electron chi connectivity index (χ3n) is 8.43. The predicted octanol–water partition coefficient (Wildman–Crippen LogP) is 4.42. The fourth-order valence-electron chi connectivity index (χ4n) is 6.41. The summed E-state index contributed by atoms with van der Waals surface area (Å²) in [5.41, 5.74) is 1.59. The van der Waals surface area contributed by atoms with E-state index in [2.05, 4.69) is 13.8 Å². The molecule has 0 spiro atoms. The van der Waals surface area contributed by atoms with E-state index in [1.165, 1.54) is 12.7 Å². The number of hydrogen-bond acceptors (Lipinski definition) is 6. The molecule has 0 unspecified atom stereocenters. The van der Waals surface area contributed by atoms with E-state index in [1.54, 1.807) is 30.3 Å². The molecule has 1 aromatic rings. The monoisotopic (exact) mass is 466 g/mol. The van der Waals surface area contributed by atoms with Gasteiger partial charge in [0.1, 0.15) is 12.4 Å². The van der Waals surface area contributed by atoms with Crippen LogP contribution in [0.3, 0.4) is 0 Å². The summed E-state index contributed by atoms with van der Waals surface area (Å²) in [5, 5.41) is 11.3. The molecule has 34 heavy (non-hydrogen) atoms. The zero-order valence-electron chi connectivity index (χ0n) is 20.4. The Hall–Kier alpha value is -2.73. The third kappa shape index (κ3) is 3.82. The standard InChI is InChI=1S/C28H34O6/c1-17(2)20-10-11-28(26(32)33-4)13-12-27(3)21(24(20)28)15-22(19(16-29)14-23(27)30)34-25(31)18-8-6-5-7-9-18/h5-9,14,16-17,21-23,30H,10-13,15H2,1-4H3/t21-,22-,23+,27-,28+/m1/s1. The van der Waals surface area contributed by atoms with Crippen LogP contribution in [-0.2, 0) is 19.1 Å². The SMILES string of the molecule is COC(=O)[C@]12CCC(C(C)C)=C1[C@H]1C[C@@H](OC(=O)c3ccccc3)C(C=O)=C[C@H](O)[C@]1(C)CC2. The summed E-state index contributed by atoms with van der Waals surface area (Å²) in [7, 11) is 1.42. The largest absolute Gasteiger partial charge is 0.468 e. The van der Waals surface area contributed by atoms with Crippen LogP contribution in [0.2, 0.25) is 0 Å². The van der Waals surface area contributed by atoms with Crippen LogP contribution in [-0.4, -0.2) is 42.6 Å². The van der Waals surface area contributed by atoms with Crippen molar-refractivity contribution in [3.8, 4) is 0 Å². The highest BCUT2D eigenvalue weighted by atomic mass is 16.5. The quantitative estimate of drug-likeness (QED) is 0.392. The summed E-state index contributed by atoms with van der Waals surface area (Å²) in [4.78, 5) is 38.1. The Labute approximate surface area is 201 Å². The van der Waals surface area contributed by atoms with Crippen LogP contribution in [0.15, 0.2) is 53.1 Å². The first-order valence-electron chi connectivity index (χ1n) is 12.1. The normalized spacial score (nSPS) is 32.9. The predicted molar refractivity (Wildman–Crippen MR) is 127 cm³/mol. The molecule has 1 fully saturated rings. The lowest BCUT2D eigenvalue weighted by atomic mass is 9.53. The average molecular weight is 467 g/mol. The molecule has 0 saturated heterocycles. The van der Waals surface area contributed by atoms with Crippen LogP contribution in [0.25, 0.3) is 0 Å². The number of allylic oxidation sites excluding steroid dienone is 1. The molecule has 0 aromatic heterocycles. The maximum absolute atomic E-state index is 13.2. The Bertz CT molecular complexity index is 1040. The number of aliphatic hydroxyl groups is 1. The Morgan fingerprint density at radius 2 is 1.85 bits per heavy atom. The first kappa shape index (κ1) is 24.4. The van der Waals surface area contributed by atoms with Crippen molar-refractivity contribution in [1.82, 2.24) is 0 Å². The molecular formula is C28H34O6. The Morgan fingerprint density at radius 3 is 2.47 bits per heavy atom. The van der Waals surface area contributed by atoms with E-state index < -0.39 is 29.0 Å². The number of hydrogen-bond donors (Lipinski definition) is 1. The molecule has 1 N–H and O–H groups in total. The molecule has 1 saturated carbocycles. The number of ether oxygens (including phenoxy) is 2. The molecule has 0 radical (unpaired) electrons. The smallest absolute Gasteiger partial charge is 0.338 e. The first-order valence-corrected chi connectivity index (χ1v) is 12.1. The van der Waals surface area contributed by atoms with Gasteiger partial charge in [-0.15, -0.1) is 0 Å². The lowest BCUT2D eigenvalue weighted by Crippen LogP contribution is -2.50. The molecule has 1 aromatic carbocycles. The van der Waals surface area contributed by atoms with Crippen LogP contribution in [0.5, 0.6) is 0 Å². The molecule has 3 aliphatic carbocycles. The minimum Gasteiger partial charge on any atom is -0.468 e. The fraction of sp³-hybridized carbons (Fsp3) is 0.536. The second-order valence-electron chi connectivity index (χ2n) is 10.5. The van der Waals surface area contributed by atoms with Gasteiger partial charge in [0.15, 0.2) is 0 Å². The van der Waals surface area contributed by atoms with E-state index in [9.17, 15) is 19.5 Å². The van der Waals surface area contributed by atoms with Crippen LogP contribution < -0.4 is 0 Å². The van der Waals surface area contributed by atoms with Crippen LogP contribution in [0.1, 0.15) is 63.2 Å². The average Bonchev–Trinajstić information content (AvgIpc) is 3.20. The highest BCUT2D eigenvalue weighted by Gasteiger charge is 2.60. The number of rotatable bonds is 5. The number of esters is 2. The van der Waals surface area contributed by atoms with E-state index in [4.69, 9.17) is 9.47 Å². The van der Waals surface area contributed by atoms with Gasteiger partial charge in [0.05, 0.1) is 24.2 Å². The van der Waals surface area contributed by atoms with Gasteiger partial charge >= 0.3 is 11.9 Å². The molecule has 182 valence electrons. The van der Waals surface area contributed by atoms with Crippen LogP contribution in [0, 0.1) is 22.7 Å². The highest BCUT2D eigenvalue weighted by Crippen LogP contribution is 2.63. The second-order valence-corrected chi connectivity index (χ2v) is 10.5. The van der Waals surface area contributed by atoms with Gasteiger partial charge in [0.2, 0.25) is 0 Å². The zero-order valence-corrected chi connectivity index (χ0v) is 20.4. The summed E-state index contributed by atoms with van der Waals surface area (Å²) < 4.78 is 11.2. The maximum atomic E-state index is 13.2. The van der Waals surface area contributed by atoms with Crippen molar-refractivity contribution >= 4 is 18.2 Å². The molecule has 0 amide bonds. The topological polar surface area (TPSA) is 89.9 Å². The number of aliphatic hydroxyl groups excluding tert-OH is 1. The molecule has 6 nitrogen and oxygen atoms in total. The van der Waals surface area contributed by atoms with Gasteiger partial charge in [-0.2, -0.15) is 0 Å². The Morgan fingerprint density at radius 1 is 1.15 bits per heavy atom. The Kier molecular flexibility index (Phi) is 6.56. The van der Waals surface area contributed by atoms with E-state index >= 15 is 0 Å². The molecule has 5 atom stereocenters. The van der Waals surface area contributed by atoms with Gasteiger partial charge < -0.3 is 14.6 Å². The minimum absolute atomic E-state index is 0.230. The van der Waals surface area contributed by atoms with Crippen molar-refractivity contribution in [2.75, 3.05) is 7.11 Å². The van der Waals surface area contributed by atoms with Crippen molar-refractivity contribution in [2.24, 2.45) is 22.7 Å². The van der Waals surface area contributed by atoms with E-state index in [0.717, 1.165) is 12.0 Å². The summed E-state index contributed by atoms with van der Waals surface area (Å²) in [6, 6.07) is 8.66. The number of fused-ring (bicyclic) bond motifs is 3.